The molecule has 1 heterocycles. The van der Waals surface area contributed by atoms with Gasteiger partial charge in [-0.15, -0.1) is 0 Å². The van der Waals surface area contributed by atoms with Crippen molar-refractivity contribution in [1.29, 1.82) is 0 Å². The van der Waals surface area contributed by atoms with Gasteiger partial charge in [-0.2, -0.15) is 0 Å². The highest BCUT2D eigenvalue weighted by atomic mass is 16.1. The predicted molar refractivity (Wildman–Crippen MR) is 67.2 cm³/mol. The Morgan fingerprint density at radius 2 is 2.12 bits per heavy atom. The molecule has 3 heteroatoms. The number of carbonyl (C=O) groups excluding carboxylic acids is 1. The summed E-state index contributed by atoms with van der Waals surface area (Å²) in [4.78, 5) is 15.7. The molecule has 1 aliphatic heterocycles. The number of carbonyl (C=O) groups is 1. The van der Waals surface area contributed by atoms with Crippen LogP contribution in [0, 0.1) is 23.3 Å². The van der Waals surface area contributed by atoms with Crippen LogP contribution >= 0.6 is 0 Å². The molecule has 2 rings (SSSR count). The van der Waals surface area contributed by atoms with Crippen LogP contribution < -0.4 is 5.32 Å². The van der Waals surface area contributed by atoms with Crippen molar-refractivity contribution in [2.24, 2.45) is 16.7 Å². The molecule has 0 saturated carbocycles. The second-order valence-corrected chi connectivity index (χ2v) is 6.04. The summed E-state index contributed by atoms with van der Waals surface area (Å²) in [5, 5.41) is 3.40. The number of rotatable bonds is 0. The Morgan fingerprint density at radius 1 is 1.41 bits per heavy atom. The van der Waals surface area contributed by atoms with E-state index in [0.717, 1.165) is 25.9 Å². The van der Waals surface area contributed by atoms with Gasteiger partial charge < -0.3 is 10.1 Å². The van der Waals surface area contributed by atoms with Gasteiger partial charge in [0.1, 0.15) is 0 Å². The van der Waals surface area contributed by atoms with Gasteiger partial charge in [-0.05, 0) is 37.3 Å². The fourth-order valence-corrected chi connectivity index (χ4v) is 3.54. The zero-order valence-electron chi connectivity index (χ0n) is 10.8. The lowest BCUT2D eigenvalue weighted by Gasteiger charge is -2.47. The number of ketones is 1. The molecule has 2 aliphatic rings. The zero-order valence-corrected chi connectivity index (χ0v) is 10.8. The number of Topliss-reactive ketones (excluding diaryl/α,β-unsaturated/α-hetero) is 1. The molecule has 1 N–H and O–H groups in total. The van der Waals surface area contributed by atoms with E-state index in [-0.39, 0.29) is 11.2 Å². The van der Waals surface area contributed by atoms with E-state index in [9.17, 15) is 4.79 Å². The van der Waals surface area contributed by atoms with Gasteiger partial charge in [0.05, 0.1) is 6.57 Å². The fourth-order valence-electron chi connectivity index (χ4n) is 3.54. The molecule has 1 saturated heterocycles. The van der Waals surface area contributed by atoms with Gasteiger partial charge >= 0.3 is 0 Å². The molecular weight excluding hydrogens is 212 g/mol. The van der Waals surface area contributed by atoms with Crippen molar-refractivity contribution in [3.8, 4) is 0 Å². The van der Waals surface area contributed by atoms with Crippen molar-refractivity contribution in [3.05, 3.63) is 23.2 Å². The lowest BCUT2D eigenvalue weighted by molar-refractivity contribution is -0.129. The highest BCUT2D eigenvalue weighted by Gasteiger charge is 2.50. The second kappa shape index (κ2) is 3.96. The number of hydrogen-bond acceptors (Lipinski definition) is 2. The Bertz CT molecular complexity index is 416. The number of fused-ring (bicyclic) bond motifs is 1. The second-order valence-electron chi connectivity index (χ2n) is 6.04. The largest absolute Gasteiger partial charge is 0.317 e. The summed E-state index contributed by atoms with van der Waals surface area (Å²) < 4.78 is 0. The lowest BCUT2D eigenvalue weighted by atomic mass is 9.56. The summed E-state index contributed by atoms with van der Waals surface area (Å²) >= 11 is 0. The van der Waals surface area contributed by atoms with Crippen molar-refractivity contribution >= 4 is 5.78 Å². The molecule has 0 unspecified atom stereocenters. The average molecular weight is 232 g/mol. The van der Waals surface area contributed by atoms with E-state index in [4.69, 9.17) is 6.57 Å². The molecule has 1 fully saturated rings. The summed E-state index contributed by atoms with van der Waals surface area (Å²) in [7, 11) is 0. The van der Waals surface area contributed by atoms with Crippen molar-refractivity contribution in [1.82, 2.24) is 5.32 Å². The van der Waals surface area contributed by atoms with Crippen LogP contribution in [-0.4, -0.2) is 18.9 Å². The summed E-state index contributed by atoms with van der Waals surface area (Å²) in [6.07, 6.45) is 3.95. The third-order valence-corrected chi connectivity index (χ3v) is 4.52. The highest BCUT2D eigenvalue weighted by molar-refractivity contribution is 6.02. The maximum atomic E-state index is 12.3. The van der Waals surface area contributed by atoms with E-state index >= 15 is 0 Å². The molecule has 0 aromatic heterocycles. The molecule has 1 aliphatic carbocycles. The third kappa shape index (κ3) is 1.81. The van der Waals surface area contributed by atoms with Crippen LogP contribution in [0.4, 0.5) is 0 Å². The molecule has 3 nitrogen and oxygen atoms in total. The van der Waals surface area contributed by atoms with Crippen LogP contribution in [0.2, 0.25) is 0 Å². The molecule has 2 atom stereocenters. The first-order valence-corrected chi connectivity index (χ1v) is 6.27. The smallest absolute Gasteiger partial charge is 0.226 e. The summed E-state index contributed by atoms with van der Waals surface area (Å²) in [6.45, 7) is 15.3. The average Bonchev–Trinajstić information content (AvgIpc) is 2.46. The molecular formula is C14H20N2O. The Morgan fingerprint density at radius 3 is 2.76 bits per heavy atom. The Kier molecular flexibility index (Phi) is 2.87. The van der Waals surface area contributed by atoms with E-state index in [1.807, 2.05) is 19.9 Å². The van der Waals surface area contributed by atoms with Crippen LogP contribution in [0.3, 0.4) is 0 Å². The van der Waals surface area contributed by atoms with Gasteiger partial charge in [0.15, 0.2) is 5.78 Å². The molecule has 92 valence electrons. The minimum Gasteiger partial charge on any atom is -0.317 e. The summed E-state index contributed by atoms with van der Waals surface area (Å²) in [5.74, 6) is 0.361. The number of nitrogens with one attached hydrogen (secondary N) is 1. The van der Waals surface area contributed by atoms with E-state index in [0.29, 0.717) is 11.6 Å². The van der Waals surface area contributed by atoms with Crippen molar-refractivity contribution < 1.29 is 4.79 Å². The summed E-state index contributed by atoms with van der Waals surface area (Å²) in [5.41, 5.74) is -0.0772. The van der Waals surface area contributed by atoms with Gasteiger partial charge in [-0.1, -0.05) is 26.8 Å². The van der Waals surface area contributed by atoms with Crippen molar-refractivity contribution in [3.63, 3.8) is 0 Å². The maximum Gasteiger partial charge on any atom is 0.226 e. The van der Waals surface area contributed by atoms with Crippen LogP contribution in [0.15, 0.2) is 11.8 Å². The Hall–Kier alpha value is -1.14. The van der Waals surface area contributed by atoms with Crippen LogP contribution in [0.1, 0.15) is 33.6 Å². The maximum absolute atomic E-state index is 12.3. The van der Waals surface area contributed by atoms with Crippen LogP contribution in [0.5, 0.6) is 0 Å². The molecule has 17 heavy (non-hydrogen) atoms. The molecule has 0 bridgehead atoms. The SMILES string of the molecule is [C-]#[N+]C1=C[C@@]2(C)CCNCC[C@@H]2C(C)(C)C1=O. The van der Waals surface area contributed by atoms with E-state index in [1.54, 1.807) is 0 Å². The Balaban J connectivity index is 2.52. The lowest BCUT2D eigenvalue weighted by Crippen LogP contribution is -2.46. The van der Waals surface area contributed by atoms with Gasteiger partial charge in [0.2, 0.25) is 5.70 Å². The number of hydrogen-bond donors (Lipinski definition) is 1. The van der Waals surface area contributed by atoms with E-state index < -0.39 is 5.41 Å². The molecule has 0 radical (unpaired) electrons. The van der Waals surface area contributed by atoms with Gasteiger partial charge in [0.25, 0.3) is 0 Å². The topological polar surface area (TPSA) is 33.5 Å². The molecule has 0 amide bonds. The fraction of sp³-hybridized carbons (Fsp3) is 0.714. The number of nitrogens with zero attached hydrogens (tertiary/aromatic N) is 1. The van der Waals surface area contributed by atoms with E-state index in [1.165, 1.54) is 0 Å². The first kappa shape index (κ1) is 12.3. The van der Waals surface area contributed by atoms with Crippen LogP contribution in [0.25, 0.3) is 4.85 Å². The zero-order chi connectivity index (χ0) is 12.7. The quantitative estimate of drug-likeness (QED) is 0.651. The van der Waals surface area contributed by atoms with Gasteiger partial charge in [0, 0.05) is 5.41 Å². The predicted octanol–water partition coefficient (Wildman–Crippen LogP) is 2.40. The first-order valence-electron chi connectivity index (χ1n) is 6.27. The monoisotopic (exact) mass is 232 g/mol. The minimum absolute atomic E-state index is 0.0131. The first-order chi connectivity index (χ1) is 7.92. The molecule has 0 aromatic carbocycles. The third-order valence-electron chi connectivity index (χ3n) is 4.52. The Labute approximate surface area is 103 Å². The molecule has 0 aromatic rings. The highest BCUT2D eigenvalue weighted by Crippen LogP contribution is 2.51. The van der Waals surface area contributed by atoms with Crippen molar-refractivity contribution in [2.75, 3.05) is 13.1 Å². The summed E-state index contributed by atoms with van der Waals surface area (Å²) in [6, 6.07) is 0. The minimum atomic E-state index is -0.407. The standard InChI is InChI=1S/C14H20N2O/c1-13(2)11-5-7-16-8-6-14(11,3)9-10(15-4)12(13)17/h9,11,16H,5-8H2,1-3H3/t11-,14-/m1/s1. The normalized spacial score (nSPS) is 36.5. The van der Waals surface area contributed by atoms with Crippen molar-refractivity contribution in [2.45, 2.75) is 33.6 Å². The molecule has 0 spiro atoms. The van der Waals surface area contributed by atoms with E-state index in [2.05, 4.69) is 17.1 Å². The van der Waals surface area contributed by atoms with Gasteiger partial charge in [-0.3, -0.25) is 0 Å². The number of allylic oxidation sites excluding steroid dienone is 2. The van der Waals surface area contributed by atoms with Gasteiger partial charge in [-0.25, -0.2) is 4.85 Å². The van der Waals surface area contributed by atoms with Crippen LogP contribution in [-0.2, 0) is 4.79 Å².